The molecular formula is C17H11Cl2F3N4O2. The molecule has 0 spiro atoms. The molecule has 0 saturated heterocycles. The molecule has 0 atom stereocenters. The highest BCUT2D eigenvalue weighted by molar-refractivity contribution is 6.40. The molecule has 1 heterocycles. The molecule has 0 aliphatic carbocycles. The first-order valence-electron chi connectivity index (χ1n) is 7.65. The number of aromatic amines is 1. The van der Waals surface area contributed by atoms with E-state index in [4.69, 9.17) is 23.2 Å². The van der Waals surface area contributed by atoms with Gasteiger partial charge in [-0.1, -0.05) is 23.2 Å². The van der Waals surface area contributed by atoms with Gasteiger partial charge >= 0.3 is 12.4 Å². The Bertz CT molecular complexity index is 954. The zero-order valence-electron chi connectivity index (χ0n) is 13.8. The summed E-state index contributed by atoms with van der Waals surface area (Å²) >= 11 is 11.6. The molecule has 0 unspecified atom stereocenters. The largest absolute Gasteiger partial charge is 0.573 e. The fourth-order valence-corrected chi connectivity index (χ4v) is 2.48. The number of halogens is 5. The molecule has 2 amide bonds. The number of H-pyrrole nitrogens is 1. The Morgan fingerprint density at radius 3 is 1.96 bits per heavy atom. The van der Waals surface area contributed by atoms with E-state index in [-0.39, 0.29) is 16.1 Å². The summed E-state index contributed by atoms with van der Waals surface area (Å²) in [7, 11) is 0. The SMILES string of the molecule is O=C(Nc1ccc(OC(F)(F)F)cc1)Nc1ccc(-c2nc(Cl)c(Cl)[nH]2)cc1. The average molecular weight is 431 g/mol. The maximum atomic E-state index is 12.1. The number of imidazole rings is 1. The second-order valence-corrected chi connectivity index (χ2v) is 6.15. The third kappa shape index (κ3) is 5.30. The molecule has 2 aromatic carbocycles. The van der Waals surface area contributed by atoms with Gasteiger partial charge in [0.2, 0.25) is 0 Å². The van der Waals surface area contributed by atoms with Crippen LogP contribution in [-0.2, 0) is 0 Å². The number of carbonyl (C=O) groups excluding carboxylic acids is 1. The number of hydrogen-bond donors (Lipinski definition) is 3. The Morgan fingerprint density at radius 2 is 1.50 bits per heavy atom. The Kier molecular flexibility index (Phi) is 5.66. The van der Waals surface area contributed by atoms with Crippen LogP contribution in [0.5, 0.6) is 5.75 Å². The van der Waals surface area contributed by atoms with Crippen LogP contribution in [0.3, 0.4) is 0 Å². The van der Waals surface area contributed by atoms with Crippen molar-refractivity contribution >= 4 is 40.6 Å². The lowest BCUT2D eigenvalue weighted by Gasteiger charge is -2.10. The highest BCUT2D eigenvalue weighted by Crippen LogP contribution is 2.26. The normalized spacial score (nSPS) is 11.2. The minimum absolute atomic E-state index is 0.157. The molecule has 0 saturated carbocycles. The molecule has 146 valence electrons. The van der Waals surface area contributed by atoms with Gasteiger partial charge in [-0.25, -0.2) is 9.78 Å². The van der Waals surface area contributed by atoms with Gasteiger partial charge in [0.15, 0.2) is 5.15 Å². The van der Waals surface area contributed by atoms with E-state index in [1.807, 2.05) is 0 Å². The van der Waals surface area contributed by atoms with Gasteiger partial charge in [-0.3, -0.25) is 0 Å². The van der Waals surface area contributed by atoms with Crippen molar-refractivity contribution in [2.45, 2.75) is 6.36 Å². The lowest BCUT2D eigenvalue weighted by atomic mass is 10.2. The van der Waals surface area contributed by atoms with Crippen LogP contribution >= 0.6 is 23.2 Å². The second-order valence-electron chi connectivity index (χ2n) is 5.42. The molecule has 11 heteroatoms. The first-order valence-corrected chi connectivity index (χ1v) is 8.40. The third-order valence-corrected chi connectivity index (χ3v) is 4.02. The molecule has 0 aliphatic heterocycles. The number of ether oxygens (including phenoxy) is 1. The minimum Gasteiger partial charge on any atom is -0.406 e. The van der Waals surface area contributed by atoms with Crippen molar-refractivity contribution in [2.75, 3.05) is 10.6 Å². The summed E-state index contributed by atoms with van der Waals surface area (Å²) < 4.78 is 40.2. The van der Waals surface area contributed by atoms with E-state index in [1.165, 1.54) is 12.1 Å². The van der Waals surface area contributed by atoms with Gasteiger partial charge in [-0.2, -0.15) is 0 Å². The summed E-state index contributed by atoms with van der Waals surface area (Å²) in [6.07, 6.45) is -4.77. The summed E-state index contributed by atoms with van der Waals surface area (Å²) in [5, 5.41) is 5.48. The number of nitrogens with one attached hydrogen (secondary N) is 3. The van der Waals surface area contributed by atoms with Crippen molar-refractivity contribution in [3.8, 4) is 17.1 Å². The van der Waals surface area contributed by atoms with Gasteiger partial charge < -0.3 is 20.4 Å². The number of aromatic nitrogens is 2. The van der Waals surface area contributed by atoms with E-state index < -0.39 is 12.4 Å². The molecule has 0 fully saturated rings. The van der Waals surface area contributed by atoms with Gasteiger partial charge in [-0.05, 0) is 48.5 Å². The monoisotopic (exact) mass is 430 g/mol. The molecule has 3 rings (SSSR count). The van der Waals surface area contributed by atoms with E-state index in [0.29, 0.717) is 22.8 Å². The van der Waals surface area contributed by atoms with Crippen LogP contribution < -0.4 is 15.4 Å². The van der Waals surface area contributed by atoms with Crippen molar-refractivity contribution in [3.63, 3.8) is 0 Å². The Balaban J connectivity index is 1.59. The number of benzene rings is 2. The first-order chi connectivity index (χ1) is 13.2. The lowest BCUT2D eigenvalue weighted by molar-refractivity contribution is -0.274. The third-order valence-electron chi connectivity index (χ3n) is 3.38. The number of urea groups is 1. The fraction of sp³-hybridized carbons (Fsp3) is 0.0588. The van der Waals surface area contributed by atoms with Gasteiger partial charge in [0, 0.05) is 16.9 Å². The number of hydrogen-bond acceptors (Lipinski definition) is 3. The van der Waals surface area contributed by atoms with Crippen LogP contribution in [0.15, 0.2) is 48.5 Å². The van der Waals surface area contributed by atoms with E-state index in [2.05, 4.69) is 25.3 Å². The molecule has 0 aliphatic rings. The smallest absolute Gasteiger partial charge is 0.406 e. The Hall–Kier alpha value is -2.91. The average Bonchev–Trinajstić information content (AvgIpc) is 2.95. The van der Waals surface area contributed by atoms with E-state index in [0.717, 1.165) is 12.1 Å². The van der Waals surface area contributed by atoms with Crippen molar-refractivity contribution < 1.29 is 22.7 Å². The fourth-order valence-electron chi connectivity index (χ4n) is 2.21. The van der Waals surface area contributed by atoms with E-state index >= 15 is 0 Å². The van der Waals surface area contributed by atoms with E-state index in [9.17, 15) is 18.0 Å². The molecule has 1 aromatic heterocycles. The Morgan fingerprint density at radius 1 is 0.964 bits per heavy atom. The van der Waals surface area contributed by atoms with Gasteiger partial charge in [-0.15, -0.1) is 13.2 Å². The number of carbonyl (C=O) groups is 1. The number of nitrogens with zero attached hydrogens (tertiary/aromatic N) is 1. The number of anilines is 2. The summed E-state index contributed by atoms with van der Waals surface area (Å²) in [4.78, 5) is 18.9. The van der Waals surface area contributed by atoms with Crippen molar-refractivity contribution in [1.29, 1.82) is 0 Å². The van der Waals surface area contributed by atoms with Crippen molar-refractivity contribution in [3.05, 3.63) is 58.8 Å². The summed E-state index contributed by atoms with van der Waals surface area (Å²) in [5.74, 6) is 0.0966. The zero-order chi connectivity index (χ0) is 20.3. The number of rotatable bonds is 4. The van der Waals surface area contributed by atoms with Gasteiger partial charge in [0.1, 0.15) is 16.7 Å². The Labute approximate surface area is 166 Å². The van der Waals surface area contributed by atoms with Crippen LogP contribution in [0.2, 0.25) is 10.3 Å². The molecule has 3 aromatic rings. The molecule has 28 heavy (non-hydrogen) atoms. The molecule has 3 N–H and O–H groups in total. The molecule has 0 bridgehead atoms. The first kappa shape index (κ1) is 19.8. The van der Waals surface area contributed by atoms with Crippen LogP contribution in [-0.4, -0.2) is 22.4 Å². The van der Waals surface area contributed by atoms with Crippen LogP contribution in [0.1, 0.15) is 0 Å². The minimum atomic E-state index is -4.77. The zero-order valence-corrected chi connectivity index (χ0v) is 15.3. The highest BCUT2D eigenvalue weighted by Gasteiger charge is 2.30. The lowest BCUT2D eigenvalue weighted by Crippen LogP contribution is -2.19. The van der Waals surface area contributed by atoms with Crippen LogP contribution in [0.25, 0.3) is 11.4 Å². The van der Waals surface area contributed by atoms with Gasteiger partial charge in [0.25, 0.3) is 0 Å². The summed E-state index contributed by atoms with van der Waals surface area (Å²) in [6.45, 7) is 0. The highest BCUT2D eigenvalue weighted by atomic mass is 35.5. The topological polar surface area (TPSA) is 79.0 Å². The van der Waals surface area contributed by atoms with Crippen molar-refractivity contribution in [1.82, 2.24) is 9.97 Å². The number of alkyl halides is 3. The second kappa shape index (κ2) is 7.99. The van der Waals surface area contributed by atoms with E-state index in [1.54, 1.807) is 24.3 Å². The van der Waals surface area contributed by atoms with Crippen molar-refractivity contribution in [2.24, 2.45) is 0 Å². The van der Waals surface area contributed by atoms with Gasteiger partial charge in [0.05, 0.1) is 0 Å². The summed E-state index contributed by atoms with van der Waals surface area (Å²) in [5.41, 5.74) is 1.49. The number of amides is 2. The summed E-state index contributed by atoms with van der Waals surface area (Å²) in [6, 6.07) is 10.9. The maximum absolute atomic E-state index is 12.1. The molecular weight excluding hydrogens is 420 g/mol. The maximum Gasteiger partial charge on any atom is 0.573 e. The molecule has 0 radical (unpaired) electrons. The van der Waals surface area contributed by atoms with Crippen LogP contribution in [0.4, 0.5) is 29.3 Å². The van der Waals surface area contributed by atoms with Crippen LogP contribution in [0, 0.1) is 0 Å². The standard InChI is InChI=1S/C17H11Cl2F3N4O2/c18-13-14(19)26-15(25-13)9-1-3-10(4-2-9)23-16(27)24-11-5-7-12(8-6-11)28-17(20,21)22/h1-8H,(H,25,26)(H2,23,24,27). The predicted molar refractivity (Wildman–Crippen MR) is 99.8 cm³/mol. The quantitative estimate of drug-likeness (QED) is 0.480. The predicted octanol–water partition coefficient (Wildman–Crippen LogP) is 5.93. The molecule has 6 nitrogen and oxygen atoms in total.